The molecule has 0 unspecified atom stereocenters. The van der Waals surface area contributed by atoms with Crippen molar-refractivity contribution in [2.75, 3.05) is 7.11 Å². The lowest BCUT2D eigenvalue weighted by Crippen LogP contribution is -2.42. The fraction of sp³-hybridized carbons (Fsp3) is 0.227. The number of aryl methyl sites for hydroxylation is 1. The molecule has 1 atom stereocenters. The number of hydrogen-bond acceptors (Lipinski definition) is 6. The molecule has 1 heterocycles. The summed E-state index contributed by atoms with van der Waals surface area (Å²) in [6.07, 6.45) is 1.61. The van der Waals surface area contributed by atoms with Crippen LogP contribution >= 0.6 is 43.6 Å². The molecule has 0 radical (unpaired) electrons. The summed E-state index contributed by atoms with van der Waals surface area (Å²) >= 11 is 7.81. The number of amides is 2. The van der Waals surface area contributed by atoms with E-state index in [1.807, 2.05) is 25.1 Å². The lowest BCUT2D eigenvalue weighted by atomic mass is 10.1. The molecule has 162 valence electrons. The highest BCUT2D eigenvalue weighted by Crippen LogP contribution is 2.38. The summed E-state index contributed by atoms with van der Waals surface area (Å²) in [6.45, 7) is 3.89. The molecule has 1 fully saturated rings. The number of rotatable bonds is 6. The van der Waals surface area contributed by atoms with Gasteiger partial charge in [-0.2, -0.15) is 0 Å². The topological polar surface area (TPSA) is 72.9 Å². The van der Waals surface area contributed by atoms with Crippen molar-refractivity contribution >= 4 is 66.8 Å². The molecule has 1 saturated heterocycles. The van der Waals surface area contributed by atoms with Crippen molar-refractivity contribution < 1.29 is 23.9 Å². The molecule has 2 amide bonds. The van der Waals surface area contributed by atoms with E-state index in [2.05, 4.69) is 42.7 Å². The second-order valence-corrected chi connectivity index (χ2v) is 9.54. The molecule has 3 rings (SSSR count). The van der Waals surface area contributed by atoms with Crippen LogP contribution in [0.2, 0.25) is 0 Å². The first-order valence-corrected chi connectivity index (χ1v) is 11.6. The molecule has 0 aromatic heterocycles. The maximum absolute atomic E-state index is 12.7. The maximum Gasteiger partial charge on any atom is 0.328 e. The highest BCUT2D eigenvalue weighted by molar-refractivity contribution is 9.11. The van der Waals surface area contributed by atoms with Crippen LogP contribution in [0.4, 0.5) is 4.79 Å². The minimum absolute atomic E-state index is 0.230. The van der Waals surface area contributed by atoms with Crippen LogP contribution in [0.3, 0.4) is 0 Å². The smallest absolute Gasteiger partial charge is 0.328 e. The van der Waals surface area contributed by atoms with Gasteiger partial charge in [-0.3, -0.25) is 14.5 Å². The number of imide groups is 1. The largest absolute Gasteiger partial charge is 0.487 e. The Balaban J connectivity index is 1.79. The van der Waals surface area contributed by atoms with Gasteiger partial charge < -0.3 is 9.47 Å². The molecule has 1 aliphatic rings. The van der Waals surface area contributed by atoms with E-state index in [1.165, 1.54) is 14.0 Å². The Bertz CT molecular complexity index is 1060. The molecule has 1 aliphatic heterocycles. The average Bonchev–Trinajstić information content (AvgIpc) is 2.99. The van der Waals surface area contributed by atoms with Crippen LogP contribution in [0.1, 0.15) is 23.6 Å². The molecule has 31 heavy (non-hydrogen) atoms. The van der Waals surface area contributed by atoms with Crippen molar-refractivity contribution in [1.29, 1.82) is 0 Å². The third-order valence-electron chi connectivity index (χ3n) is 4.54. The van der Waals surface area contributed by atoms with Crippen LogP contribution in [0.15, 0.2) is 50.2 Å². The Kier molecular flexibility index (Phi) is 7.61. The molecule has 2 aromatic rings. The highest BCUT2D eigenvalue weighted by atomic mass is 79.9. The molecule has 0 saturated carbocycles. The van der Waals surface area contributed by atoms with E-state index < -0.39 is 23.2 Å². The predicted molar refractivity (Wildman–Crippen MR) is 127 cm³/mol. The Morgan fingerprint density at radius 2 is 1.87 bits per heavy atom. The number of esters is 1. The molecule has 6 nitrogen and oxygen atoms in total. The number of methoxy groups -OCH3 is 1. The second kappa shape index (κ2) is 10.0. The van der Waals surface area contributed by atoms with Crippen molar-refractivity contribution in [2.24, 2.45) is 0 Å². The number of nitrogens with zero attached hydrogens (tertiary/aromatic N) is 1. The number of carbonyl (C=O) groups is 3. The van der Waals surface area contributed by atoms with Crippen LogP contribution in [0, 0.1) is 6.92 Å². The first kappa shape index (κ1) is 23.6. The Morgan fingerprint density at radius 3 is 2.48 bits per heavy atom. The van der Waals surface area contributed by atoms with Gasteiger partial charge in [0.25, 0.3) is 11.1 Å². The number of carbonyl (C=O) groups excluding carboxylic acids is 3. The molecule has 2 aromatic carbocycles. The van der Waals surface area contributed by atoms with Crippen molar-refractivity contribution in [3.8, 4) is 5.75 Å². The third-order valence-corrected chi connectivity index (χ3v) is 6.60. The van der Waals surface area contributed by atoms with E-state index >= 15 is 0 Å². The first-order chi connectivity index (χ1) is 14.7. The van der Waals surface area contributed by atoms with Crippen molar-refractivity contribution in [3.05, 3.63) is 66.9 Å². The standard InChI is InChI=1S/C22H19Br2NO5S/c1-12-5-4-6-14(7-12)11-30-19-16(23)8-15(9-17(19)24)10-18-20(26)25(22(28)31-18)13(2)21(27)29-3/h4-10,13H,11H2,1-3H3/b18-10+/t13-/m0/s1. The quantitative estimate of drug-likeness (QED) is 0.329. The number of halogens is 2. The van der Waals surface area contributed by atoms with Crippen LogP contribution in [0.25, 0.3) is 6.08 Å². The Morgan fingerprint density at radius 1 is 1.19 bits per heavy atom. The number of benzene rings is 2. The fourth-order valence-electron chi connectivity index (χ4n) is 3.00. The third kappa shape index (κ3) is 5.39. The zero-order chi connectivity index (χ0) is 22.7. The van der Waals surface area contributed by atoms with Crippen LogP contribution in [0.5, 0.6) is 5.75 Å². The van der Waals surface area contributed by atoms with Crippen molar-refractivity contribution in [1.82, 2.24) is 4.90 Å². The van der Waals surface area contributed by atoms with Crippen molar-refractivity contribution in [3.63, 3.8) is 0 Å². The van der Waals surface area contributed by atoms with Gasteiger partial charge in [0.2, 0.25) is 0 Å². The normalized spacial score (nSPS) is 16.0. The van der Waals surface area contributed by atoms with E-state index in [4.69, 9.17) is 4.74 Å². The first-order valence-electron chi connectivity index (χ1n) is 9.23. The van der Waals surface area contributed by atoms with E-state index in [1.54, 1.807) is 18.2 Å². The van der Waals surface area contributed by atoms with E-state index in [9.17, 15) is 14.4 Å². The number of ether oxygens (including phenoxy) is 2. The summed E-state index contributed by atoms with van der Waals surface area (Å²) in [5, 5.41) is -0.509. The van der Waals surface area contributed by atoms with Gasteiger partial charge in [0.05, 0.1) is 21.0 Å². The van der Waals surface area contributed by atoms with Gasteiger partial charge >= 0.3 is 5.97 Å². The fourth-order valence-corrected chi connectivity index (χ4v) is 5.36. The number of hydrogen-bond donors (Lipinski definition) is 0. The Labute approximate surface area is 201 Å². The van der Waals surface area contributed by atoms with E-state index in [-0.39, 0.29) is 4.91 Å². The molecule has 0 aliphatic carbocycles. The predicted octanol–water partition coefficient (Wildman–Crippen LogP) is 5.70. The minimum atomic E-state index is -0.987. The summed E-state index contributed by atoms with van der Waals surface area (Å²) in [7, 11) is 1.21. The summed E-state index contributed by atoms with van der Waals surface area (Å²) in [4.78, 5) is 37.8. The molecule has 0 bridgehead atoms. The molecule has 0 spiro atoms. The summed E-state index contributed by atoms with van der Waals surface area (Å²) in [5.41, 5.74) is 2.90. The number of thioether (sulfide) groups is 1. The zero-order valence-corrected chi connectivity index (χ0v) is 21.0. The minimum Gasteiger partial charge on any atom is -0.487 e. The van der Waals surface area contributed by atoms with Gasteiger partial charge in [0.15, 0.2) is 0 Å². The van der Waals surface area contributed by atoms with Gasteiger partial charge in [-0.15, -0.1) is 0 Å². The van der Waals surface area contributed by atoms with Crippen LogP contribution < -0.4 is 4.74 Å². The Hall–Kier alpha value is -2.10. The van der Waals surface area contributed by atoms with Gasteiger partial charge in [0, 0.05) is 0 Å². The average molecular weight is 569 g/mol. The second-order valence-electron chi connectivity index (χ2n) is 6.84. The molecule has 9 heteroatoms. The zero-order valence-electron chi connectivity index (χ0n) is 17.0. The van der Waals surface area contributed by atoms with Gasteiger partial charge in [-0.25, -0.2) is 4.79 Å². The van der Waals surface area contributed by atoms with E-state index in [0.717, 1.165) is 27.8 Å². The summed E-state index contributed by atoms with van der Waals surface area (Å²) in [5.74, 6) is -0.546. The lowest BCUT2D eigenvalue weighted by molar-refractivity contribution is -0.148. The van der Waals surface area contributed by atoms with Crippen molar-refractivity contribution in [2.45, 2.75) is 26.5 Å². The van der Waals surface area contributed by atoms with E-state index in [0.29, 0.717) is 26.9 Å². The van der Waals surface area contributed by atoms with Crippen LogP contribution in [-0.4, -0.2) is 35.2 Å². The summed E-state index contributed by atoms with van der Waals surface area (Å²) < 4.78 is 12.0. The van der Waals surface area contributed by atoms with Crippen LogP contribution in [-0.2, 0) is 20.9 Å². The van der Waals surface area contributed by atoms with Gasteiger partial charge in [-0.1, -0.05) is 29.8 Å². The monoisotopic (exact) mass is 567 g/mol. The highest BCUT2D eigenvalue weighted by Gasteiger charge is 2.41. The molecular formula is C22H19Br2NO5S. The summed E-state index contributed by atoms with van der Waals surface area (Å²) in [6, 6.07) is 10.7. The molecular weight excluding hydrogens is 550 g/mol. The maximum atomic E-state index is 12.7. The molecule has 0 N–H and O–H groups in total. The lowest BCUT2D eigenvalue weighted by Gasteiger charge is -2.18. The van der Waals surface area contributed by atoms with Gasteiger partial charge in [0.1, 0.15) is 18.4 Å². The van der Waals surface area contributed by atoms with Gasteiger partial charge in [-0.05, 0) is 86.8 Å². The SMILES string of the molecule is COC(=O)[C@H](C)N1C(=O)S/C(=C/c2cc(Br)c(OCc3cccc(C)c3)c(Br)c2)C1=O.